The molecule has 0 aliphatic carbocycles. The standard InChI is InChI=1S/C25H29N5O7S/c1-4-5-11-13-15(28-24(37)29-18(13)31)20(33)26-14(12-9-7-6-8-10-12)19(32)27-16-21(34)30-17(23(35)36)25(2,3)38-22(16)30/h6-10,14,16-17,22H,4-5,11H2,1-3H3,(H,26,33)(H,27,32)(H,35,36)(H2,28,29,31,37)/t14?,16-,17+,22-/m1/s1. The van der Waals surface area contributed by atoms with E-state index in [1.165, 1.54) is 16.7 Å². The molecular formula is C25H29N5O7S. The van der Waals surface area contributed by atoms with Crippen molar-refractivity contribution in [3.05, 3.63) is 68.0 Å². The van der Waals surface area contributed by atoms with Crippen LogP contribution in [0.15, 0.2) is 39.9 Å². The SMILES string of the molecule is CCCCc1c(C(=O)NC(C(=O)N[C@@H]2C(=O)N3[C@@H]2SC(C)(C)[C@@H]3C(=O)O)c2ccccc2)[nH]c(=O)[nH]c1=O. The lowest BCUT2D eigenvalue weighted by atomic mass is 9.95. The van der Waals surface area contributed by atoms with E-state index in [4.69, 9.17) is 0 Å². The van der Waals surface area contributed by atoms with E-state index in [1.807, 2.05) is 6.92 Å². The molecule has 1 aromatic heterocycles. The highest BCUT2D eigenvalue weighted by Crippen LogP contribution is 2.50. The van der Waals surface area contributed by atoms with Crippen LogP contribution in [0, 0.1) is 0 Å². The molecule has 13 heteroatoms. The molecule has 1 aromatic carbocycles. The average Bonchev–Trinajstić information content (AvgIpc) is 3.13. The van der Waals surface area contributed by atoms with E-state index in [-0.39, 0.29) is 17.7 Å². The lowest BCUT2D eigenvalue weighted by Crippen LogP contribution is -2.71. The fourth-order valence-corrected chi connectivity index (χ4v) is 6.45. The van der Waals surface area contributed by atoms with Gasteiger partial charge in [-0.2, -0.15) is 0 Å². The number of aliphatic carboxylic acids is 1. The summed E-state index contributed by atoms with van der Waals surface area (Å²) in [6.45, 7) is 5.37. The molecular weight excluding hydrogens is 514 g/mol. The van der Waals surface area contributed by atoms with Crippen molar-refractivity contribution in [2.24, 2.45) is 0 Å². The molecule has 0 radical (unpaired) electrons. The Balaban J connectivity index is 1.60. The molecule has 202 valence electrons. The van der Waals surface area contributed by atoms with Crippen molar-refractivity contribution in [1.29, 1.82) is 0 Å². The fraction of sp³-hybridized carbons (Fsp3) is 0.440. The number of carbonyl (C=O) groups excluding carboxylic acids is 3. The van der Waals surface area contributed by atoms with Crippen molar-refractivity contribution in [2.45, 2.75) is 68.3 Å². The maximum Gasteiger partial charge on any atom is 0.327 e. The van der Waals surface area contributed by atoms with Gasteiger partial charge in [0.25, 0.3) is 11.5 Å². The number of unbranched alkanes of at least 4 members (excludes halogenated alkanes) is 1. The maximum atomic E-state index is 13.5. The van der Waals surface area contributed by atoms with Gasteiger partial charge in [0.05, 0.1) is 0 Å². The van der Waals surface area contributed by atoms with Crippen LogP contribution in [0.1, 0.15) is 61.3 Å². The van der Waals surface area contributed by atoms with Crippen LogP contribution < -0.4 is 21.9 Å². The molecule has 2 aliphatic rings. The zero-order valence-corrected chi connectivity index (χ0v) is 21.9. The molecule has 4 atom stereocenters. The number of aromatic nitrogens is 2. The van der Waals surface area contributed by atoms with Crippen LogP contribution in [0.5, 0.6) is 0 Å². The number of benzene rings is 1. The Morgan fingerprint density at radius 1 is 1.13 bits per heavy atom. The monoisotopic (exact) mass is 543 g/mol. The highest BCUT2D eigenvalue weighted by atomic mass is 32.2. The van der Waals surface area contributed by atoms with Gasteiger partial charge in [-0.1, -0.05) is 43.7 Å². The van der Waals surface area contributed by atoms with E-state index in [2.05, 4.69) is 20.6 Å². The predicted octanol–water partition coefficient (Wildman–Crippen LogP) is 0.509. The minimum Gasteiger partial charge on any atom is -0.480 e. The third-order valence-corrected chi connectivity index (χ3v) is 8.26. The van der Waals surface area contributed by atoms with Crippen molar-refractivity contribution in [3.8, 4) is 0 Å². The van der Waals surface area contributed by atoms with Crippen molar-refractivity contribution in [3.63, 3.8) is 0 Å². The van der Waals surface area contributed by atoms with Gasteiger partial charge >= 0.3 is 11.7 Å². The Morgan fingerprint density at radius 2 is 1.82 bits per heavy atom. The summed E-state index contributed by atoms with van der Waals surface area (Å²) in [7, 11) is 0. The van der Waals surface area contributed by atoms with Gasteiger partial charge < -0.3 is 25.6 Å². The minimum atomic E-state index is -1.26. The number of carbonyl (C=O) groups is 4. The summed E-state index contributed by atoms with van der Waals surface area (Å²) in [5, 5.41) is 14.3. The minimum absolute atomic E-state index is 0.102. The number of rotatable bonds is 9. The number of carboxylic acid groups (broad SMARTS) is 1. The number of thioether (sulfide) groups is 1. The van der Waals surface area contributed by atoms with Crippen LogP contribution in [0.4, 0.5) is 0 Å². The number of aromatic amines is 2. The number of hydrogen-bond acceptors (Lipinski definition) is 7. The Hall–Kier alpha value is -3.87. The van der Waals surface area contributed by atoms with Gasteiger partial charge in [0.1, 0.15) is 29.2 Å². The summed E-state index contributed by atoms with van der Waals surface area (Å²) in [5.74, 6) is -3.16. The molecule has 3 amide bonds. The number of carboxylic acids is 1. The van der Waals surface area contributed by atoms with Gasteiger partial charge in [-0.15, -0.1) is 11.8 Å². The molecule has 3 heterocycles. The van der Waals surface area contributed by atoms with Crippen LogP contribution in [0.25, 0.3) is 0 Å². The molecule has 0 spiro atoms. The van der Waals surface area contributed by atoms with Crippen molar-refractivity contribution in [2.75, 3.05) is 0 Å². The average molecular weight is 544 g/mol. The number of nitrogens with one attached hydrogen (secondary N) is 4. The van der Waals surface area contributed by atoms with E-state index in [9.17, 15) is 33.9 Å². The Labute approximate surface area is 221 Å². The van der Waals surface area contributed by atoms with Crippen LogP contribution in [0.3, 0.4) is 0 Å². The first-order chi connectivity index (χ1) is 18.0. The molecule has 2 fully saturated rings. The molecule has 2 saturated heterocycles. The molecule has 0 saturated carbocycles. The first kappa shape index (κ1) is 27.2. The fourth-order valence-electron chi connectivity index (χ4n) is 4.83. The number of H-pyrrole nitrogens is 2. The van der Waals surface area contributed by atoms with E-state index < -0.39 is 63.2 Å². The maximum absolute atomic E-state index is 13.5. The second-order valence-corrected chi connectivity index (χ2v) is 11.5. The smallest absolute Gasteiger partial charge is 0.327 e. The molecule has 0 bridgehead atoms. The van der Waals surface area contributed by atoms with Gasteiger partial charge in [-0.3, -0.25) is 24.2 Å². The highest BCUT2D eigenvalue weighted by Gasteiger charge is 2.64. The number of nitrogens with zero attached hydrogens (tertiary/aromatic N) is 1. The summed E-state index contributed by atoms with van der Waals surface area (Å²) in [6.07, 6.45) is 1.60. The van der Waals surface area contributed by atoms with Crippen LogP contribution in [-0.2, 0) is 20.8 Å². The summed E-state index contributed by atoms with van der Waals surface area (Å²) in [6, 6.07) is 5.04. The number of hydrogen-bond donors (Lipinski definition) is 5. The third-order valence-electron chi connectivity index (χ3n) is 6.69. The molecule has 2 aliphatic heterocycles. The Morgan fingerprint density at radius 3 is 2.45 bits per heavy atom. The zero-order valence-electron chi connectivity index (χ0n) is 21.1. The first-order valence-corrected chi connectivity index (χ1v) is 13.1. The molecule has 2 aromatic rings. The zero-order chi connectivity index (χ0) is 27.8. The lowest BCUT2D eigenvalue weighted by molar-refractivity contribution is -0.161. The van der Waals surface area contributed by atoms with Gasteiger partial charge in [0.2, 0.25) is 11.8 Å². The van der Waals surface area contributed by atoms with Gasteiger partial charge in [-0.05, 0) is 32.3 Å². The second kappa shape index (κ2) is 10.5. The normalized spacial score (nSPS) is 22.2. The number of β-lactam (4-membered cyclic amide) rings is 1. The first-order valence-electron chi connectivity index (χ1n) is 12.2. The van der Waals surface area contributed by atoms with Crippen LogP contribution >= 0.6 is 11.8 Å². The van der Waals surface area contributed by atoms with E-state index in [1.54, 1.807) is 44.2 Å². The van der Waals surface area contributed by atoms with Crippen LogP contribution in [0.2, 0.25) is 0 Å². The van der Waals surface area contributed by atoms with Crippen molar-refractivity contribution < 1.29 is 24.3 Å². The number of amides is 3. The Bertz CT molecular complexity index is 1390. The summed E-state index contributed by atoms with van der Waals surface area (Å²) in [5.41, 5.74) is -1.25. The van der Waals surface area contributed by atoms with Gasteiger partial charge in [0, 0.05) is 10.3 Å². The van der Waals surface area contributed by atoms with Crippen LogP contribution in [-0.4, -0.2) is 65.9 Å². The highest BCUT2D eigenvalue weighted by molar-refractivity contribution is 8.01. The van der Waals surface area contributed by atoms with Gasteiger partial charge in [-0.25, -0.2) is 9.59 Å². The number of fused-ring (bicyclic) bond motifs is 1. The molecule has 1 unspecified atom stereocenters. The molecule has 38 heavy (non-hydrogen) atoms. The topological polar surface area (TPSA) is 182 Å². The largest absolute Gasteiger partial charge is 0.480 e. The summed E-state index contributed by atoms with van der Waals surface area (Å²) >= 11 is 1.28. The van der Waals surface area contributed by atoms with Crippen molar-refractivity contribution in [1.82, 2.24) is 25.5 Å². The molecule has 5 N–H and O–H groups in total. The van der Waals surface area contributed by atoms with E-state index >= 15 is 0 Å². The van der Waals surface area contributed by atoms with Gasteiger partial charge in [0.15, 0.2) is 0 Å². The van der Waals surface area contributed by atoms with Crippen molar-refractivity contribution >= 4 is 35.5 Å². The molecule has 4 rings (SSSR count). The Kier molecular flexibility index (Phi) is 7.49. The lowest BCUT2D eigenvalue weighted by Gasteiger charge is -2.44. The molecule has 12 nitrogen and oxygen atoms in total. The van der Waals surface area contributed by atoms with E-state index in [0.717, 1.165) is 6.42 Å². The van der Waals surface area contributed by atoms with E-state index in [0.29, 0.717) is 12.0 Å². The second-order valence-electron chi connectivity index (χ2n) is 9.77. The predicted molar refractivity (Wildman–Crippen MR) is 139 cm³/mol. The summed E-state index contributed by atoms with van der Waals surface area (Å²) in [4.78, 5) is 81.5. The third kappa shape index (κ3) is 4.97. The summed E-state index contributed by atoms with van der Waals surface area (Å²) < 4.78 is -0.764. The quantitative estimate of drug-likeness (QED) is 0.284.